The summed E-state index contributed by atoms with van der Waals surface area (Å²) in [5.41, 5.74) is 6.11. The van der Waals surface area contributed by atoms with Crippen molar-refractivity contribution >= 4 is 11.6 Å². The predicted octanol–water partition coefficient (Wildman–Crippen LogP) is 0.694. The lowest BCUT2D eigenvalue weighted by atomic mass is 9.92. The fourth-order valence-electron chi connectivity index (χ4n) is 2.71. The first-order chi connectivity index (χ1) is 10.1. The van der Waals surface area contributed by atoms with Crippen LogP contribution in [0.15, 0.2) is 35.4 Å². The number of pyridine rings is 1. The van der Waals surface area contributed by atoms with Gasteiger partial charge in [0.15, 0.2) is 0 Å². The number of carbonyl (C=O) groups excluding carboxylic acids is 1. The van der Waals surface area contributed by atoms with Crippen LogP contribution in [0, 0.1) is 0 Å². The summed E-state index contributed by atoms with van der Waals surface area (Å²) < 4.78 is 1.38. The van der Waals surface area contributed by atoms with Crippen LogP contribution in [0.25, 0.3) is 5.65 Å². The zero-order chi connectivity index (χ0) is 14.8. The van der Waals surface area contributed by atoms with Gasteiger partial charge in [-0.15, -0.1) is 0 Å². The number of hydrogen-bond acceptors (Lipinski definition) is 4. The lowest BCUT2D eigenvalue weighted by molar-refractivity contribution is 0.0924. The minimum Gasteiger partial charge on any atom is -0.349 e. The van der Waals surface area contributed by atoms with E-state index in [1.165, 1.54) is 10.6 Å². The van der Waals surface area contributed by atoms with Gasteiger partial charge in [0.25, 0.3) is 11.5 Å². The highest BCUT2D eigenvalue weighted by atomic mass is 16.2. The second kappa shape index (κ2) is 5.65. The van der Waals surface area contributed by atoms with Gasteiger partial charge in [0.05, 0.1) is 0 Å². The Bertz CT molecular complexity index is 717. The van der Waals surface area contributed by atoms with E-state index in [0.717, 1.165) is 25.7 Å². The summed E-state index contributed by atoms with van der Waals surface area (Å²) in [6, 6.07) is 5.58. The summed E-state index contributed by atoms with van der Waals surface area (Å²) in [6.07, 6.45) is 6.48. The van der Waals surface area contributed by atoms with Crippen LogP contribution >= 0.6 is 0 Å². The van der Waals surface area contributed by atoms with E-state index >= 15 is 0 Å². The molecule has 21 heavy (non-hydrogen) atoms. The van der Waals surface area contributed by atoms with Crippen molar-refractivity contribution in [2.24, 2.45) is 5.73 Å². The molecule has 0 spiro atoms. The van der Waals surface area contributed by atoms with Gasteiger partial charge in [-0.2, -0.15) is 0 Å². The Labute approximate surface area is 122 Å². The Morgan fingerprint density at radius 3 is 2.81 bits per heavy atom. The van der Waals surface area contributed by atoms with Crippen molar-refractivity contribution in [1.29, 1.82) is 0 Å². The van der Waals surface area contributed by atoms with Gasteiger partial charge in [0, 0.05) is 24.5 Å². The molecule has 1 saturated carbocycles. The van der Waals surface area contributed by atoms with Crippen molar-refractivity contribution in [2.75, 3.05) is 0 Å². The van der Waals surface area contributed by atoms with Crippen LogP contribution in [-0.4, -0.2) is 27.4 Å². The maximum atomic E-state index is 12.3. The first kappa shape index (κ1) is 13.8. The average Bonchev–Trinajstić information content (AvgIpc) is 2.50. The number of carbonyl (C=O) groups is 1. The van der Waals surface area contributed by atoms with E-state index in [-0.39, 0.29) is 29.1 Å². The molecule has 0 radical (unpaired) electrons. The monoisotopic (exact) mass is 286 g/mol. The highest BCUT2D eigenvalue weighted by Crippen LogP contribution is 2.17. The average molecular weight is 286 g/mol. The minimum atomic E-state index is -0.355. The van der Waals surface area contributed by atoms with E-state index in [1.807, 2.05) is 0 Å². The number of nitrogens with zero attached hydrogens (tertiary/aromatic N) is 2. The third kappa shape index (κ3) is 2.80. The standard InChI is InChI=1S/C15H18N4O2/c16-10-4-6-11(7-5-10)18-14(20)12-9-17-13-3-1-2-8-19(13)15(12)21/h1-3,8-11H,4-7,16H2,(H,18,20). The highest BCUT2D eigenvalue weighted by molar-refractivity contribution is 5.93. The van der Waals surface area contributed by atoms with Crippen LogP contribution in [0.5, 0.6) is 0 Å². The quantitative estimate of drug-likeness (QED) is 0.850. The molecule has 3 rings (SSSR count). The largest absolute Gasteiger partial charge is 0.349 e. The topological polar surface area (TPSA) is 89.5 Å². The maximum Gasteiger partial charge on any atom is 0.270 e. The molecular formula is C15H18N4O2. The summed E-state index contributed by atoms with van der Waals surface area (Å²) in [5, 5.41) is 2.91. The summed E-state index contributed by atoms with van der Waals surface area (Å²) >= 11 is 0. The van der Waals surface area contributed by atoms with Crippen molar-refractivity contribution in [1.82, 2.24) is 14.7 Å². The van der Waals surface area contributed by atoms with Gasteiger partial charge >= 0.3 is 0 Å². The second-order valence-corrected chi connectivity index (χ2v) is 5.49. The van der Waals surface area contributed by atoms with Crippen molar-refractivity contribution in [3.63, 3.8) is 0 Å². The molecule has 2 aromatic rings. The molecule has 3 N–H and O–H groups in total. The third-order valence-corrected chi connectivity index (χ3v) is 3.97. The van der Waals surface area contributed by atoms with E-state index in [1.54, 1.807) is 24.4 Å². The van der Waals surface area contributed by atoms with E-state index in [4.69, 9.17) is 5.73 Å². The molecule has 1 amide bonds. The number of nitrogens with one attached hydrogen (secondary N) is 1. The molecular weight excluding hydrogens is 268 g/mol. The van der Waals surface area contributed by atoms with Crippen molar-refractivity contribution in [3.8, 4) is 0 Å². The first-order valence-corrected chi connectivity index (χ1v) is 7.18. The fraction of sp³-hybridized carbons (Fsp3) is 0.400. The molecule has 1 aliphatic carbocycles. The van der Waals surface area contributed by atoms with Gasteiger partial charge in [0.1, 0.15) is 11.2 Å². The normalized spacial score (nSPS) is 22.1. The highest BCUT2D eigenvalue weighted by Gasteiger charge is 2.22. The Balaban J connectivity index is 1.82. The number of fused-ring (bicyclic) bond motifs is 1. The Morgan fingerprint density at radius 2 is 2.05 bits per heavy atom. The maximum absolute atomic E-state index is 12.3. The van der Waals surface area contributed by atoms with Gasteiger partial charge in [-0.3, -0.25) is 14.0 Å². The van der Waals surface area contributed by atoms with Gasteiger partial charge in [-0.1, -0.05) is 6.07 Å². The van der Waals surface area contributed by atoms with E-state index < -0.39 is 0 Å². The molecule has 6 nitrogen and oxygen atoms in total. The number of nitrogens with two attached hydrogens (primary N) is 1. The van der Waals surface area contributed by atoms with Crippen LogP contribution in [0.1, 0.15) is 36.0 Å². The molecule has 0 atom stereocenters. The predicted molar refractivity (Wildman–Crippen MR) is 79.2 cm³/mol. The molecule has 0 saturated heterocycles. The molecule has 0 aliphatic heterocycles. The van der Waals surface area contributed by atoms with Crippen LogP contribution in [0.3, 0.4) is 0 Å². The smallest absolute Gasteiger partial charge is 0.270 e. The fourth-order valence-corrected chi connectivity index (χ4v) is 2.71. The SMILES string of the molecule is NC1CCC(NC(=O)c2cnc3ccccn3c2=O)CC1. The molecule has 2 heterocycles. The molecule has 0 aromatic carbocycles. The molecule has 6 heteroatoms. The van der Waals surface area contributed by atoms with Crippen molar-refractivity contribution < 1.29 is 4.79 Å². The molecule has 110 valence electrons. The summed E-state index contributed by atoms with van der Waals surface area (Å²) in [6.45, 7) is 0. The second-order valence-electron chi connectivity index (χ2n) is 5.49. The molecule has 1 fully saturated rings. The first-order valence-electron chi connectivity index (χ1n) is 7.18. The Hall–Kier alpha value is -2.21. The minimum absolute atomic E-state index is 0.0774. The number of hydrogen-bond donors (Lipinski definition) is 2. The number of rotatable bonds is 2. The van der Waals surface area contributed by atoms with E-state index in [0.29, 0.717) is 5.65 Å². The molecule has 0 bridgehead atoms. The summed E-state index contributed by atoms with van der Waals surface area (Å²) in [5.74, 6) is -0.355. The third-order valence-electron chi connectivity index (χ3n) is 3.97. The molecule has 0 unspecified atom stereocenters. The lowest BCUT2D eigenvalue weighted by Gasteiger charge is -2.26. The van der Waals surface area contributed by atoms with Gasteiger partial charge in [0.2, 0.25) is 0 Å². The Morgan fingerprint density at radius 1 is 1.29 bits per heavy atom. The van der Waals surface area contributed by atoms with Crippen LogP contribution < -0.4 is 16.6 Å². The van der Waals surface area contributed by atoms with E-state index in [2.05, 4.69) is 10.3 Å². The number of aromatic nitrogens is 2. The summed E-state index contributed by atoms with van der Waals surface area (Å²) in [7, 11) is 0. The van der Waals surface area contributed by atoms with Crippen molar-refractivity contribution in [2.45, 2.75) is 37.8 Å². The van der Waals surface area contributed by atoms with Crippen LogP contribution in [-0.2, 0) is 0 Å². The zero-order valence-electron chi connectivity index (χ0n) is 11.7. The van der Waals surface area contributed by atoms with E-state index in [9.17, 15) is 9.59 Å². The zero-order valence-corrected chi connectivity index (χ0v) is 11.7. The summed E-state index contributed by atoms with van der Waals surface area (Å²) in [4.78, 5) is 28.7. The van der Waals surface area contributed by atoms with Gasteiger partial charge in [-0.25, -0.2) is 4.98 Å². The van der Waals surface area contributed by atoms with Gasteiger partial charge < -0.3 is 11.1 Å². The molecule has 1 aliphatic rings. The Kier molecular flexibility index (Phi) is 3.70. The number of amides is 1. The van der Waals surface area contributed by atoms with Crippen LogP contribution in [0.4, 0.5) is 0 Å². The van der Waals surface area contributed by atoms with Crippen LogP contribution in [0.2, 0.25) is 0 Å². The van der Waals surface area contributed by atoms with Crippen molar-refractivity contribution in [3.05, 3.63) is 46.5 Å². The lowest BCUT2D eigenvalue weighted by Crippen LogP contribution is -2.42. The van der Waals surface area contributed by atoms with Gasteiger partial charge in [-0.05, 0) is 37.8 Å². The molecule has 2 aromatic heterocycles.